The van der Waals surface area contributed by atoms with Crippen molar-refractivity contribution in [1.82, 2.24) is 0 Å². The Bertz CT molecular complexity index is 1350. The van der Waals surface area contributed by atoms with Crippen molar-refractivity contribution in [3.63, 3.8) is 0 Å². The maximum Gasteiger partial charge on any atom is 0.340 e. The molecule has 140 valence electrons. The molecule has 0 bridgehead atoms. The van der Waals surface area contributed by atoms with Crippen LogP contribution in [-0.4, -0.2) is 0 Å². The van der Waals surface area contributed by atoms with Gasteiger partial charge in [-0.05, 0) is 29.8 Å². The molecule has 4 heteroatoms. The van der Waals surface area contributed by atoms with Gasteiger partial charge in [0, 0.05) is 16.7 Å². The molecule has 0 aliphatic heterocycles. The Kier molecular flexibility index (Phi) is 4.10. The highest BCUT2D eigenvalue weighted by molar-refractivity contribution is 5.78. The fourth-order valence-electron chi connectivity index (χ4n) is 3.73. The van der Waals surface area contributed by atoms with E-state index in [9.17, 15) is 9.59 Å². The number of para-hydroxylation sites is 2. The molecule has 5 rings (SSSR count). The average Bonchev–Trinajstić information content (AvgIpc) is 2.75. The molecule has 4 nitrogen and oxygen atoms in total. The molecule has 0 unspecified atom stereocenters. The van der Waals surface area contributed by atoms with Crippen LogP contribution in [0, 0.1) is 0 Å². The second-order valence-electron chi connectivity index (χ2n) is 6.90. The second kappa shape index (κ2) is 6.91. The van der Waals surface area contributed by atoms with Crippen LogP contribution in [-0.2, 0) is 0 Å². The molecule has 0 amide bonds. The summed E-state index contributed by atoms with van der Waals surface area (Å²) in [6.45, 7) is 0. The minimum Gasteiger partial charge on any atom is -0.423 e. The van der Waals surface area contributed by atoms with Gasteiger partial charge in [-0.2, -0.15) is 0 Å². The Balaban J connectivity index is 1.83. The summed E-state index contributed by atoms with van der Waals surface area (Å²) >= 11 is 0. The Morgan fingerprint density at radius 2 is 1.00 bits per heavy atom. The van der Waals surface area contributed by atoms with E-state index >= 15 is 0 Å². The molecule has 2 aromatic heterocycles. The zero-order valence-electron chi connectivity index (χ0n) is 15.4. The van der Waals surface area contributed by atoms with Crippen LogP contribution >= 0.6 is 0 Å². The Hall–Kier alpha value is -3.92. The van der Waals surface area contributed by atoms with Crippen LogP contribution in [0.5, 0.6) is 0 Å². The maximum atomic E-state index is 12.9. The standard InChI is InChI=1S/C25H16O4/c26-24-19(14-17-10-4-6-12-21(17)28-24)23(16-8-2-1-3-9-16)20-15-18-11-5-7-13-22(18)29-25(20)27/h1-15,23H. The Labute approximate surface area is 165 Å². The van der Waals surface area contributed by atoms with Gasteiger partial charge in [-0.1, -0.05) is 66.7 Å². The van der Waals surface area contributed by atoms with E-state index in [-0.39, 0.29) is 0 Å². The van der Waals surface area contributed by atoms with Crippen LogP contribution in [0.1, 0.15) is 22.6 Å². The van der Waals surface area contributed by atoms with E-state index < -0.39 is 17.2 Å². The summed E-state index contributed by atoms with van der Waals surface area (Å²) in [6, 6.07) is 27.7. The first kappa shape index (κ1) is 17.2. The molecule has 0 atom stereocenters. The number of hydrogen-bond donors (Lipinski definition) is 0. The van der Waals surface area contributed by atoms with Gasteiger partial charge < -0.3 is 8.83 Å². The third-order valence-electron chi connectivity index (χ3n) is 5.09. The van der Waals surface area contributed by atoms with Crippen molar-refractivity contribution in [3.8, 4) is 0 Å². The smallest absolute Gasteiger partial charge is 0.340 e. The molecule has 5 aromatic rings. The van der Waals surface area contributed by atoms with Gasteiger partial charge in [0.25, 0.3) is 0 Å². The van der Waals surface area contributed by atoms with E-state index in [0.29, 0.717) is 22.3 Å². The van der Waals surface area contributed by atoms with Crippen molar-refractivity contribution in [2.45, 2.75) is 5.92 Å². The average molecular weight is 380 g/mol. The quantitative estimate of drug-likeness (QED) is 0.410. The lowest BCUT2D eigenvalue weighted by atomic mass is 9.86. The van der Waals surface area contributed by atoms with Crippen LogP contribution in [0.3, 0.4) is 0 Å². The zero-order chi connectivity index (χ0) is 19.8. The van der Waals surface area contributed by atoms with Gasteiger partial charge in [0.1, 0.15) is 11.2 Å². The van der Waals surface area contributed by atoms with Crippen LogP contribution < -0.4 is 11.3 Å². The van der Waals surface area contributed by atoms with Crippen molar-refractivity contribution in [2.75, 3.05) is 0 Å². The van der Waals surface area contributed by atoms with Gasteiger partial charge in [0.2, 0.25) is 0 Å². The highest BCUT2D eigenvalue weighted by Gasteiger charge is 2.25. The van der Waals surface area contributed by atoms with Crippen molar-refractivity contribution < 1.29 is 8.83 Å². The lowest BCUT2D eigenvalue weighted by molar-refractivity contribution is 0.535. The summed E-state index contributed by atoms with van der Waals surface area (Å²) in [5, 5.41) is 1.60. The molecule has 0 radical (unpaired) electrons. The normalized spacial score (nSPS) is 11.3. The highest BCUT2D eigenvalue weighted by Crippen LogP contribution is 2.31. The number of hydrogen-bond acceptors (Lipinski definition) is 4. The van der Waals surface area contributed by atoms with E-state index in [1.54, 1.807) is 24.3 Å². The monoisotopic (exact) mass is 380 g/mol. The molecule has 0 saturated carbocycles. The van der Waals surface area contributed by atoms with Gasteiger partial charge in [0.15, 0.2) is 0 Å². The molecule has 0 saturated heterocycles. The summed E-state index contributed by atoms with van der Waals surface area (Å²) in [5.74, 6) is -0.599. The van der Waals surface area contributed by atoms with Crippen molar-refractivity contribution in [1.29, 1.82) is 0 Å². The van der Waals surface area contributed by atoms with Crippen molar-refractivity contribution >= 4 is 21.9 Å². The molecule has 29 heavy (non-hydrogen) atoms. The number of rotatable bonds is 3. The summed E-state index contributed by atoms with van der Waals surface area (Å²) in [4.78, 5) is 25.8. The highest BCUT2D eigenvalue weighted by atomic mass is 16.4. The summed E-state index contributed by atoms with van der Waals surface area (Å²) in [5.41, 5.74) is 1.71. The Morgan fingerprint density at radius 1 is 0.552 bits per heavy atom. The molecule has 2 heterocycles. The zero-order valence-corrected chi connectivity index (χ0v) is 15.4. The van der Waals surface area contributed by atoms with Gasteiger partial charge in [-0.15, -0.1) is 0 Å². The lowest BCUT2D eigenvalue weighted by Crippen LogP contribution is -2.20. The van der Waals surface area contributed by atoms with E-state index in [0.717, 1.165) is 16.3 Å². The topological polar surface area (TPSA) is 60.4 Å². The lowest BCUT2D eigenvalue weighted by Gasteiger charge is -2.17. The molecule has 0 N–H and O–H groups in total. The van der Waals surface area contributed by atoms with Gasteiger partial charge in [-0.3, -0.25) is 0 Å². The summed E-state index contributed by atoms with van der Waals surface area (Å²) < 4.78 is 11.1. The molecule has 0 aliphatic carbocycles. The van der Waals surface area contributed by atoms with Gasteiger partial charge >= 0.3 is 11.3 Å². The van der Waals surface area contributed by atoms with Crippen molar-refractivity contribution in [2.24, 2.45) is 0 Å². The predicted molar refractivity (Wildman–Crippen MR) is 112 cm³/mol. The van der Waals surface area contributed by atoms with Crippen molar-refractivity contribution in [3.05, 3.63) is 129 Å². The van der Waals surface area contributed by atoms with E-state index in [1.165, 1.54) is 0 Å². The maximum absolute atomic E-state index is 12.9. The molecular weight excluding hydrogens is 364 g/mol. The van der Waals surface area contributed by atoms with E-state index in [2.05, 4.69) is 0 Å². The first-order valence-corrected chi connectivity index (χ1v) is 9.31. The van der Waals surface area contributed by atoms with Crippen LogP contribution in [0.4, 0.5) is 0 Å². The number of fused-ring (bicyclic) bond motifs is 2. The molecule has 0 fully saturated rings. The third-order valence-corrected chi connectivity index (χ3v) is 5.09. The summed E-state index contributed by atoms with van der Waals surface area (Å²) in [7, 11) is 0. The minimum atomic E-state index is -0.599. The first-order chi connectivity index (χ1) is 14.2. The van der Waals surface area contributed by atoms with E-state index in [4.69, 9.17) is 8.83 Å². The van der Waals surface area contributed by atoms with Gasteiger partial charge in [-0.25, -0.2) is 9.59 Å². The minimum absolute atomic E-state index is 0.400. The third kappa shape index (κ3) is 3.05. The molecule has 0 aliphatic rings. The van der Waals surface area contributed by atoms with Crippen LogP contribution in [0.25, 0.3) is 21.9 Å². The largest absolute Gasteiger partial charge is 0.423 e. The SMILES string of the molecule is O=c1oc2ccccc2cc1C(c1ccccc1)c1cc2ccccc2oc1=O. The second-order valence-corrected chi connectivity index (χ2v) is 6.90. The van der Waals surface area contributed by atoms with E-state index in [1.807, 2.05) is 66.7 Å². The predicted octanol–water partition coefficient (Wildman–Crippen LogP) is 5.08. The molecule has 3 aromatic carbocycles. The van der Waals surface area contributed by atoms with Gasteiger partial charge in [0.05, 0.1) is 11.1 Å². The molecule has 0 spiro atoms. The fourth-order valence-corrected chi connectivity index (χ4v) is 3.73. The first-order valence-electron chi connectivity index (χ1n) is 9.31. The number of benzene rings is 3. The van der Waals surface area contributed by atoms with Crippen LogP contribution in [0.2, 0.25) is 0 Å². The summed E-state index contributed by atoms with van der Waals surface area (Å²) in [6.07, 6.45) is 0. The Morgan fingerprint density at radius 3 is 1.52 bits per heavy atom. The molecular formula is C25H16O4. The fraction of sp³-hybridized carbons (Fsp3) is 0.0400. The van der Waals surface area contributed by atoms with Crippen LogP contribution in [0.15, 0.2) is 109 Å².